The van der Waals surface area contributed by atoms with Crippen molar-refractivity contribution in [3.63, 3.8) is 0 Å². The van der Waals surface area contributed by atoms with Gasteiger partial charge >= 0.3 is 0 Å². The largest absolute Gasteiger partial charge is 0.344 e. The molecule has 1 N–H and O–H groups in total. The Kier molecular flexibility index (Phi) is 7.18. The van der Waals surface area contributed by atoms with E-state index in [0.717, 1.165) is 36.0 Å². The molecule has 2 aliphatic rings. The second kappa shape index (κ2) is 10.6. The number of likely N-dealkylation sites (tertiary alicyclic amines) is 2. The summed E-state index contributed by atoms with van der Waals surface area (Å²) in [4.78, 5) is 12.3. The first-order valence-electron chi connectivity index (χ1n) is 13.9. The Balaban J connectivity index is 1.32. The molecule has 1 atom stereocenters. The molecule has 2 saturated heterocycles. The number of nitrogens with one attached hydrogen (secondary N) is 1. The van der Waals surface area contributed by atoms with Crippen molar-refractivity contribution in [2.45, 2.75) is 44.6 Å². The van der Waals surface area contributed by atoms with Crippen molar-refractivity contribution in [2.24, 2.45) is 11.8 Å². The molecule has 2 aromatic heterocycles. The van der Waals surface area contributed by atoms with Gasteiger partial charge in [0.15, 0.2) is 5.82 Å². The lowest BCUT2D eigenvalue weighted by Crippen LogP contribution is -2.35. The molecule has 0 saturated carbocycles. The molecule has 1 unspecified atom stereocenters. The number of hydrogen-bond acceptors (Lipinski definition) is 3. The van der Waals surface area contributed by atoms with E-state index in [1.165, 1.54) is 57.7 Å². The van der Waals surface area contributed by atoms with Gasteiger partial charge in [-0.15, -0.1) is 0 Å². The Morgan fingerprint density at radius 2 is 1.71 bits per heavy atom. The highest BCUT2D eigenvalue weighted by Gasteiger charge is 2.29. The lowest BCUT2D eigenvalue weighted by Gasteiger charge is -2.37. The fourth-order valence-electron chi connectivity index (χ4n) is 6.59. The quantitative estimate of drug-likeness (QED) is 0.283. The van der Waals surface area contributed by atoms with Crippen molar-refractivity contribution in [1.82, 2.24) is 24.3 Å². The average Bonchev–Trinajstić information content (AvgIpc) is 3.50. The fraction of sp³-hybridized carbons (Fsp3) is 0.500. The summed E-state index contributed by atoms with van der Waals surface area (Å²) in [6.07, 6.45) is 9.66. The van der Waals surface area contributed by atoms with Crippen LogP contribution < -0.4 is 0 Å². The van der Waals surface area contributed by atoms with Crippen LogP contribution >= 0.6 is 11.6 Å². The van der Waals surface area contributed by atoms with E-state index >= 15 is 0 Å². The maximum Gasteiger partial charge on any atom is 0.153 e. The highest BCUT2D eigenvalue weighted by atomic mass is 35.5. The van der Waals surface area contributed by atoms with E-state index in [1.807, 2.05) is 12.1 Å². The number of aromatic nitrogens is 3. The van der Waals surface area contributed by atoms with Gasteiger partial charge < -0.3 is 19.4 Å². The number of imidazole rings is 1. The molecule has 0 bridgehead atoms. The molecule has 4 aromatic rings. The molecule has 2 fully saturated rings. The lowest BCUT2D eigenvalue weighted by molar-refractivity contribution is 0.154. The van der Waals surface area contributed by atoms with Crippen molar-refractivity contribution < 1.29 is 8.78 Å². The Bertz CT molecular complexity index is 1430. The van der Waals surface area contributed by atoms with E-state index in [1.54, 1.807) is 0 Å². The third-order valence-electron chi connectivity index (χ3n) is 8.94. The average molecular weight is 540 g/mol. The molecule has 0 spiro atoms. The molecule has 2 aliphatic heterocycles. The highest BCUT2D eigenvalue weighted by molar-refractivity contribution is 6.34. The second-order valence-corrected chi connectivity index (χ2v) is 11.9. The second-order valence-electron chi connectivity index (χ2n) is 11.5. The van der Waals surface area contributed by atoms with Gasteiger partial charge in [0.2, 0.25) is 0 Å². The van der Waals surface area contributed by atoms with Gasteiger partial charge in [0.05, 0.1) is 10.5 Å². The van der Waals surface area contributed by atoms with Crippen LogP contribution in [0, 0.1) is 23.5 Å². The molecule has 5 nitrogen and oxygen atoms in total. The molecule has 0 aliphatic carbocycles. The molecule has 0 amide bonds. The van der Waals surface area contributed by atoms with Crippen LogP contribution in [0.3, 0.4) is 0 Å². The van der Waals surface area contributed by atoms with Gasteiger partial charge in [0, 0.05) is 34.8 Å². The third kappa shape index (κ3) is 5.08. The van der Waals surface area contributed by atoms with Crippen molar-refractivity contribution >= 4 is 33.5 Å². The number of halogens is 3. The summed E-state index contributed by atoms with van der Waals surface area (Å²) in [5.41, 5.74) is 2.25. The zero-order valence-corrected chi connectivity index (χ0v) is 22.9. The fourth-order valence-corrected chi connectivity index (χ4v) is 6.84. The zero-order valence-electron chi connectivity index (χ0n) is 22.2. The first kappa shape index (κ1) is 25.8. The van der Waals surface area contributed by atoms with Crippen molar-refractivity contribution in [2.75, 3.05) is 40.3 Å². The number of fused-ring (bicyclic) bond motifs is 2. The Morgan fingerprint density at radius 3 is 2.45 bits per heavy atom. The molecule has 202 valence electrons. The highest BCUT2D eigenvalue weighted by Crippen LogP contribution is 2.39. The smallest absolute Gasteiger partial charge is 0.153 e. The number of piperidine rings is 2. The summed E-state index contributed by atoms with van der Waals surface area (Å²) in [5, 5.41) is 1.63. The van der Waals surface area contributed by atoms with E-state index < -0.39 is 11.6 Å². The van der Waals surface area contributed by atoms with E-state index in [0.29, 0.717) is 33.9 Å². The predicted octanol–water partition coefficient (Wildman–Crippen LogP) is 7.12. The topological polar surface area (TPSA) is 40.1 Å². The summed E-state index contributed by atoms with van der Waals surface area (Å²) in [6.45, 7) is 4.69. The van der Waals surface area contributed by atoms with Gasteiger partial charge in [0.25, 0.3) is 0 Å². The molecule has 38 heavy (non-hydrogen) atoms. The molecule has 4 heterocycles. The number of benzene rings is 2. The molecule has 8 heteroatoms. The summed E-state index contributed by atoms with van der Waals surface area (Å²) in [5.74, 6) is 0.564. The van der Waals surface area contributed by atoms with Gasteiger partial charge in [-0.3, -0.25) is 0 Å². The number of aromatic amines is 1. The summed E-state index contributed by atoms with van der Waals surface area (Å²) < 4.78 is 30.5. The van der Waals surface area contributed by atoms with Crippen LogP contribution in [-0.2, 0) is 0 Å². The van der Waals surface area contributed by atoms with Crippen LogP contribution in [0.1, 0.15) is 44.6 Å². The molecular formula is C30H36ClF2N5. The van der Waals surface area contributed by atoms with Crippen LogP contribution in [0.25, 0.3) is 33.3 Å². The first-order valence-corrected chi connectivity index (χ1v) is 14.3. The van der Waals surface area contributed by atoms with Crippen molar-refractivity contribution in [1.29, 1.82) is 0 Å². The Morgan fingerprint density at radius 1 is 1.00 bits per heavy atom. The molecule has 6 rings (SSSR count). The van der Waals surface area contributed by atoms with Gasteiger partial charge in [-0.25, -0.2) is 13.8 Å². The number of nitrogens with zero attached hydrogens (tertiary/aromatic N) is 4. The summed E-state index contributed by atoms with van der Waals surface area (Å²) >= 11 is 6.83. The standard InChI is InChI=1S/C30H36ClF2N5/c1-36-10-5-19(6-11-36)3-4-27(20-7-12-37(2)13-8-20)38-14-9-21-15-23(24(31)18-28(21)38)30-34-26-17-22(32)16-25(33)29(26)35-30/h9,14-20,27H,3-8,10-13H2,1-2H3,(H,34,35). The van der Waals surface area contributed by atoms with Crippen LogP contribution in [0.2, 0.25) is 5.02 Å². The van der Waals surface area contributed by atoms with Gasteiger partial charge in [0.1, 0.15) is 17.2 Å². The summed E-state index contributed by atoms with van der Waals surface area (Å²) in [6, 6.07) is 8.74. The number of H-pyrrole nitrogens is 1. The Labute approximate surface area is 227 Å². The van der Waals surface area contributed by atoms with E-state index in [9.17, 15) is 8.78 Å². The molecule has 0 radical (unpaired) electrons. The Hall–Kier alpha value is -2.48. The van der Waals surface area contributed by atoms with E-state index in [2.05, 4.69) is 50.7 Å². The van der Waals surface area contributed by atoms with Crippen LogP contribution in [-0.4, -0.2) is 64.6 Å². The number of hydrogen-bond donors (Lipinski definition) is 1. The minimum atomic E-state index is -0.684. The maximum absolute atomic E-state index is 14.3. The van der Waals surface area contributed by atoms with Gasteiger partial charge in [-0.2, -0.15) is 0 Å². The molecule has 2 aromatic carbocycles. The maximum atomic E-state index is 14.3. The van der Waals surface area contributed by atoms with E-state index in [4.69, 9.17) is 11.6 Å². The van der Waals surface area contributed by atoms with Gasteiger partial charge in [-0.1, -0.05) is 11.6 Å². The minimum absolute atomic E-state index is 0.117. The van der Waals surface area contributed by atoms with Crippen LogP contribution in [0.4, 0.5) is 8.78 Å². The van der Waals surface area contributed by atoms with Crippen LogP contribution in [0.5, 0.6) is 0 Å². The normalized spacial score (nSPS) is 19.6. The summed E-state index contributed by atoms with van der Waals surface area (Å²) in [7, 11) is 4.44. The first-order chi connectivity index (χ1) is 18.4. The zero-order chi connectivity index (χ0) is 26.4. The van der Waals surface area contributed by atoms with Gasteiger partial charge in [-0.05, 0) is 115 Å². The van der Waals surface area contributed by atoms with Crippen LogP contribution in [0.15, 0.2) is 36.5 Å². The number of rotatable bonds is 6. The lowest BCUT2D eigenvalue weighted by atomic mass is 9.83. The van der Waals surface area contributed by atoms with Crippen molar-refractivity contribution in [3.8, 4) is 11.4 Å². The predicted molar refractivity (Wildman–Crippen MR) is 151 cm³/mol. The van der Waals surface area contributed by atoms with Crippen molar-refractivity contribution in [3.05, 3.63) is 53.2 Å². The molecular weight excluding hydrogens is 504 g/mol. The minimum Gasteiger partial charge on any atom is -0.344 e. The monoisotopic (exact) mass is 539 g/mol. The van der Waals surface area contributed by atoms with E-state index in [-0.39, 0.29) is 5.52 Å². The third-order valence-corrected chi connectivity index (χ3v) is 9.26. The SMILES string of the molecule is CN1CCC(CCC(C2CCN(C)CC2)n2ccc3cc(-c4nc5c(F)cc(F)cc5[nH]4)c(Cl)cc32)CC1.